The van der Waals surface area contributed by atoms with Crippen molar-refractivity contribution in [3.8, 4) is 0 Å². The second-order valence-corrected chi connectivity index (χ2v) is 3.32. The van der Waals surface area contributed by atoms with Gasteiger partial charge in [-0.05, 0) is 33.7 Å². The molecular formula is C8H18N2O. The van der Waals surface area contributed by atoms with Crippen molar-refractivity contribution >= 4 is 0 Å². The second kappa shape index (κ2) is 4.04. The number of rotatable bonds is 2. The average molecular weight is 158 g/mol. The van der Waals surface area contributed by atoms with Crippen LogP contribution >= 0.6 is 0 Å². The summed E-state index contributed by atoms with van der Waals surface area (Å²) in [5.74, 6) is 0. The number of ether oxygens (including phenoxy) is 1. The van der Waals surface area contributed by atoms with E-state index in [1.54, 1.807) is 0 Å². The van der Waals surface area contributed by atoms with Crippen molar-refractivity contribution in [2.24, 2.45) is 0 Å². The van der Waals surface area contributed by atoms with E-state index in [4.69, 9.17) is 4.74 Å². The highest BCUT2D eigenvalue weighted by Crippen LogP contribution is 2.18. The molecule has 0 aliphatic carbocycles. The SMILES string of the molecule is CNNC1C[C@@H](C)O[C@@H](C)C1. The zero-order chi connectivity index (χ0) is 8.27. The fraction of sp³-hybridized carbons (Fsp3) is 1.00. The van der Waals surface area contributed by atoms with E-state index in [-0.39, 0.29) is 0 Å². The normalized spacial score (nSPS) is 39.0. The lowest BCUT2D eigenvalue weighted by molar-refractivity contribution is -0.0436. The molecule has 1 rings (SSSR count). The third-order valence-corrected chi connectivity index (χ3v) is 2.05. The third kappa shape index (κ3) is 2.77. The van der Waals surface area contributed by atoms with Gasteiger partial charge in [0.15, 0.2) is 0 Å². The van der Waals surface area contributed by atoms with Gasteiger partial charge in [0.1, 0.15) is 0 Å². The Kier molecular flexibility index (Phi) is 3.30. The highest BCUT2D eigenvalue weighted by Gasteiger charge is 2.23. The maximum atomic E-state index is 5.59. The lowest BCUT2D eigenvalue weighted by Crippen LogP contribution is -2.45. The van der Waals surface area contributed by atoms with E-state index in [0.29, 0.717) is 18.2 Å². The van der Waals surface area contributed by atoms with Crippen LogP contribution in [0.25, 0.3) is 0 Å². The maximum Gasteiger partial charge on any atom is 0.0566 e. The molecule has 66 valence electrons. The van der Waals surface area contributed by atoms with Crippen molar-refractivity contribution in [2.75, 3.05) is 7.05 Å². The summed E-state index contributed by atoms with van der Waals surface area (Å²) in [6, 6.07) is 0.568. The Balaban J connectivity index is 2.30. The third-order valence-electron chi connectivity index (χ3n) is 2.05. The fourth-order valence-corrected chi connectivity index (χ4v) is 1.73. The lowest BCUT2D eigenvalue weighted by Gasteiger charge is -2.32. The molecule has 0 amide bonds. The molecule has 0 bridgehead atoms. The van der Waals surface area contributed by atoms with Gasteiger partial charge >= 0.3 is 0 Å². The van der Waals surface area contributed by atoms with Crippen molar-refractivity contribution < 1.29 is 4.74 Å². The van der Waals surface area contributed by atoms with E-state index < -0.39 is 0 Å². The fourth-order valence-electron chi connectivity index (χ4n) is 1.73. The maximum absolute atomic E-state index is 5.59. The summed E-state index contributed by atoms with van der Waals surface area (Å²) in [6.45, 7) is 4.25. The van der Waals surface area contributed by atoms with Crippen LogP contribution in [0.5, 0.6) is 0 Å². The molecule has 11 heavy (non-hydrogen) atoms. The van der Waals surface area contributed by atoms with Crippen LogP contribution in [0.2, 0.25) is 0 Å². The van der Waals surface area contributed by atoms with Gasteiger partial charge in [-0.1, -0.05) is 0 Å². The standard InChI is InChI=1S/C8H18N2O/c1-6-4-8(10-9-3)5-7(2)11-6/h6-10H,4-5H2,1-3H3/t6-,7+,8?. The predicted molar refractivity (Wildman–Crippen MR) is 45.2 cm³/mol. The number of nitrogens with one attached hydrogen (secondary N) is 2. The zero-order valence-electron chi connectivity index (χ0n) is 7.55. The molecule has 0 radical (unpaired) electrons. The van der Waals surface area contributed by atoms with Gasteiger partial charge in [-0.25, -0.2) is 0 Å². The molecule has 0 spiro atoms. The van der Waals surface area contributed by atoms with E-state index >= 15 is 0 Å². The second-order valence-electron chi connectivity index (χ2n) is 3.32. The summed E-state index contributed by atoms with van der Waals surface area (Å²) in [6.07, 6.45) is 2.99. The first kappa shape index (κ1) is 8.97. The molecule has 0 saturated carbocycles. The van der Waals surface area contributed by atoms with Crippen LogP contribution in [0.4, 0.5) is 0 Å². The first-order valence-electron chi connectivity index (χ1n) is 4.30. The average Bonchev–Trinajstić information content (AvgIpc) is 1.85. The molecular weight excluding hydrogens is 140 g/mol. The number of hydrazine groups is 1. The van der Waals surface area contributed by atoms with Gasteiger partial charge in [0.05, 0.1) is 12.2 Å². The van der Waals surface area contributed by atoms with E-state index in [1.165, 1.54) is 0 Å². The lowest BCUT2D eigenvalue weighted by atomic mass is 10.0. The molecule has 0 aromatic carbocycles. The zero-order valence-corrected chi connectivity index (χ0v) is 7.55. The van der Waals surface area contributed by atoms with Crippen molar-refractivity contribution in [3.63, 3.8) is 0 Å². The van der Waals surface area contributed by atoms with E-state index in [1.807, 2.05) is 7.05 Å². The topological polar surface area (TPSA) is 33.3 Å². The minimum absolute atomic E-state index is 0.393. The van der Waals surface area contributed by atoms with Crippen LogP contribution in [0.1, 0.15) is 26.7 Å². The molecule has 1 aliphatic rings. The molecule has 0 aromatic heterocycles. The van der Waals surface area contributed by atoms with E-state index in [0.717, 1.165) is 12.8 Å². The first-order chi connectivity index (χ1) is 5.22. The molecule has 3 heteroatoms. The smallest absolute Gasteiger partial charge is 0.0566 e. The molecule has 2 N–H and O–H groups in total. The minimum atomic E-state index is 0.393. The molecule has 0 aromatic rings. The minimum Gasteiger partial charge on any atom is -0.375 e. The first-order valence-corrected chi connectivity index (χ1v) is 4.30. The van der Waals surface area contributed by atoms with Crippen molar-refractivity contribution in [3.05, 3.63) is 0 Å². The molecule has 3 atom stereocenters. The monoisotopic (exact) mass is 158 g/mol. The molecule has 3 nitrogen and oxygen atoms in total. The number of hydrogen-bond donors (Lipinski definition) is 2. The number of hydrogen-bond acceptors (Lipinski definition) is 3. The highest BCUT2D eigenvalue weighted by molar-refractivity contribution is 4.76. The van der Waals surface area contributed by atoms with Gasteiger partial charge in [0.25, 0.3) is 0 Å². The van der Waals surface area contributed by atoms with Crippen molar-refractivity contribution in [1.29, 1.82) is 0 Å². The quantitative estimate of drug-likeness (QED) is 0.579. The molecule has 1 fully saturated rings. The van der Waals surface area contributed by atoms with Gasteiger partial charge in [-0.3, -0.25) is 10.9 Å². The van der Waals surface area contributed by atoms with Crippen LogP contribution in [-0.2, 0) is 4.74 Å². The van der Waals surface area contributed by atoms with Crippen LogP contribution in [-0.4, -0.2) is 25.3 Å². The van der Waals surface area contributed by atoms with E-state index in [2.05, 4.69) is 24.7 Å². The largest absolute Gasteiger partial charge is 0.375 e. The summed E-state index contributed by atoms with van der Waals surface area (Å²) in [5, 5.41) is 0. The molecule has 1 saturated heterocycles. The highest BCUT2D eigenvalue weighted by atomic mass is 16.5. The Hall–Kier alpha value is -0.120. The molecule has 1 unspecified atom stereocenters. The van der Waals surface area contributed by atoms with Crippen LogP contribution in [0.15, 0.2) is 0 Å². The summed E-state index contributed by atoms with van der Waals surface area (Å²) in [7, 11) is 1.91. The summed E-state index contributed by atoms with van der Waals surface area (Å²) >= 11 is 0. The Morgan fingerprint density at radius 2 is 1.73 bits per heavy atom. The Morgan fingerprint density at radius 3 is 2.18 bits per heavy atom. The Labute approximate surface area is 68.5 Å². The van der Waals surface area contributed by atoms with Crippen molar-refractivity contribution in [1.82, 2.24) is 10.9 Å². The van der Waals surface area contributed by atoms with Gasteiger partial charge in [-0.2, -0.15) is 0 Å². The van der Waals surface area contributed by atoms with Crippen LogP contribution < -0.4 is 10.9 Å². The molecule has 1 heterocycles. The summed E-state index contributed by atoms with van der Waals surface area (Å²) < 4.78 is 5.59. The van der Waals surface area contributed by atoms with Gasteiger partial charge in [0, 0.05) is 6.04 Å². The Bertz CT molecular complexity index is 109. The summed E-state index contributed by atoms with van der Waals surface area (Å²) in [5.41, 5.74) is 6.19. The van der Waals surface area contributed by atoms with Crippen molar-refractivity contribution in [2.45, 2.75) is 44.9 Å². The predicted octanol–water partition coefficient (Wildman–Crippen LogP) is 0.666. The van der Waals surface area contributed by atoms with Gasteiger partial charge in [0.2, 0.25) is 0 Å². The van der Waals surface area contributed by atoms with Gasteiger partial charge < -0.3 is 4.74 Å². The van der Waals surface area contributed by atoms with E-state index in [9.17, 15) is 0 Å². The summed E-state index contributed by atoms with van der Waals surface area (Å²) in [4.78, 5) is 0. The van der Waals surface area contributed by atoms with Crippen LogP contribution in [0, 0.1) is 0 Å². The Morgan fingerprint density at radius 1 is 1.18 bits per heavy atom. The van der Waals surface area contributed by atoms with Gasteiger partial charge in [-0.15, -0.1) is 0 Å². The molecule has 1 aliphatic heterocycles. The van der Waals surface area contributed by atoms with Crippen LogP contribution in [0.3, 0.4) is 0 Å².